The molecule has 0 saturated heterocycles. The highest BCUT2D eigenvalue weighted by Crippen LogP contribution is 2.25. The molecule has 0 unspecified atom stereocenters. The molecular weight excluding hydrogens is 240 g/mol. The Morgan fingerprint density at radius 2 is 1.89 bits per heavy atom. The van der Waals surface area contributed by atoms with Crippen molar-refractivity contribution in [1.82, 2.24) is 9.97 Å². The maximum Gasteiger partial charge on any atom is 0.152 e. The summed E-state index contributed by atoms with van der Waals surface area (Å²) in [7, 11) is 0. The first-order valence-electron chi connectivity index (χ1n) is 5.12. The molecule has 1 aromatic heterocycles. The van der Waals surface area contributed by atoms with Crippen molar-refractivity contribution in [3.05, 3.63) is 41.7 Å². The highest BCUT2D eigenvalue weighted by molar-refractivity contribution is 5.60. The molecular formula is C11H11F2N5. The first kappa shape index (κ1) is 12.2. The lowest BCUT2D eigenvalue weighted by Crippen LogP contribution is -2.09. The fourth-order valence-electron chi connectivity index (χ4n) is 1.40. The molecule has 1 heterocycles. The molecule has 0 bridgehead atoms. The fraction of sp³-hybridized carbons (Fsp3) is 0.0909. The summed E-state index contributed by atoms with van der Waals surface area (Å²) in [6.07, 6.45) is 1.23. The lowest BCUT2D eigenvalue weighted by atomic mass is 10.2. The van der Waals surface area contributed by atoms with Crippen LogP contribution in [-0.2, 0) is 0 Å². The number of hydrogen-bond acceptors (Lipinski definition) is 5. The summed E-state index contributed by atoms with van der Waals surface area (Å²) < 4.78 is 27.3. The summed E-state index contributed by atoms with van der Waals surface area (Å²) in [5.41, 5.74) is 2.40. The number of nitrogens with one attached hydrogen (secondary N) is 2. The van der Waals surface area contributed by atoms with Gasteiger partial charge in [-0.25, -0.2) is 24.6 Å². The van der Waals surface area contributed by atoms with Crippen LogP contribution in [0.3, 0.4) is 0 Å². The third-order valence-corrected chi connectivity index (χ3v) is 2.35. The van der Waals surface area contributed by atoms with Crippen molar-refractivity contribution in [3.8, 4) is 0 Å². The Bertz CT molecular complexity index is 573. The van der Waals surface area contributed by atoms with E-state index in [9.17, 15) is 8.78 Å². The summed E-state index contributed by atoms with van der Waals surface area (Å²) in [5, 5.41) is 2.56. The topological polar surface area (TPSA) is 75.9 Å². The minimum atomic E-state index is -0.695. The first-order chi connectivity index (χ1) is 8.61. The second-order valence-electron chi connectivity index (χ2n) is 3.61. The van der Waals surface area contributed by atoms with Gasteiger partial charge in [0.15, 0.2) is 5.82 Å². The second kappa shape index (κ2) is 4.92. The lowest BCUT2D eigenvalue weighted by molar-refractivity contribution is 0.584. The van der Waals surface area contributed by atoms with Gasteiger partial charge in [-0.3, -0.25) is 0 Å². The zero-order valence-corrected chi connectivity index (χ0v) is 9.54. The van der Waals surface area contributed by atoms with Gasteiger partial charge in [-0.05, 0) is 18.6 Å². The molecule has 0 radical (unpaired) electrons. The number of nitrogens with two attached hydrogens (primary N) is 1. The highest BCUT2D eigenvalue weighted by atomic mass is 19.1. The maximum atomic E-state index is 13.7. The van der Waals surface area contributed by atoms with E-state index in [4.69, 9.17) is 5.84 Å². The highest BCUT2D eigenvalue weighted by Gasteiger charge is 2.12. The maximum absolute atomic E-state index is 13.7. The van der Waals surface area contributed by atoms with Crippen LogP contribution in [0, 0.1) is 18.6 Å². The zero-order valence-electron chi connectivity index (χ0n) is 9.54. The van der Waals surface area contributed by atoms with Crippen LogP contribution in [0.2, 0.25) is 0 Å². The van der Waals surface area contributed by atoms with Crippen molar-refractivity contribution in [2.24, 2.45) is 5.84 Å². The summed E-state index contributed by atoms with van der Waals surface area (Å²) in [6.45, 7) is 1.55. The number of benzene rings is 1. The number of halogens is 2. The molecule has 0 aliphatic carbocycles. The number of aryl methyl sites for hydroxylation is 1. The van der Waals surface area contributed by atoms with Crippen LogP contribution in [-0.4, -0.2) is 9.97 Å². The Hall–Kier alpha value is -2.28. The average molecular weight is 251 g/mol. The van der Waals surface area contributed by atoms with E-state index in [2.05, 4.69) is 20.7 Å². The second-order valence-corrected chi connectivity index (χ2v) is 3.61. The summed E-state index contributed by atoms with van der Waals surface area (Å²) in [4.78, 5) is 7.63. The van der Waals surface area contributed by atoms with E-state index in [1.807, 2.05) is 0 Å². The molecule has 7 heteroatoms. The molecule has 0 aliphatic rings. The first-order valence-corrected chi connectivity index (χ1v) is 5.12. The Morgan fingerprint density at radius 1 is 1.17 bits per heavy atom. The van der Waals surface area contributed by atoms with E-state index in [0.29, 0.717) is 11.4 Å². The molecule has 0 saturated carbocycles. The van der Waals surface area contributed by atoms with Crippen molar-refractivity contribution >= 4 is 17.3 Å². The number of nitrogens with zero attached hydrogens (tertiary/aromatic N) is 2. The van der Waals surface area contributed by atoms with E-state index in [1.54, 1.807) is 6.92 Å². The quantitative estimate of drug-likeness (QED) is 0.575. The predicted molar refractivity (Wildman–Crippen MR) is 64.2 cm³/mol. The number of aromatic nitrogens is 2. The molecule has 2 rings (SSSR count). The minimum Gasteiger partial charge on any atom is -0.335 e. The van der Waals surface area contributed by atoms with Gasteiger partial charge in [0.25, 0.3) is 0 Å². The third-order valence-electron chi connectivity index (χ3n) is 2.35. The Kier molecular flexibility index (Phi) is 3.33. The molecule has 0 fully saturated rings. The van der Waals surface area contributed by atoms with Gasteiger partial charge in [0, 0.05) is 6.07 Å². The molecule has 1 aromatic carbocycles. The molecule has 4 N–H and O–H groups in total. The molecule has 0 spiro atoms. The van der Waals surface area contributed by atoms with Gasteiger partial charge in [0.2, 0.25) is 0 Å². The number of hydrazine groups is 1. The zero-order chi connectivity index (χ0) is 13.1. The van der Waals surface area contributed by atoms with Gasteiger partial charge in [-0.2, -0.15) is 0 Å². The van der Waals surface area contributed by atoms with Crippen molar-refractivity contribution in [2.75, 3.05) is 10.7 Å². The fourth-order valence-corrected chi connectivity index (χ4v) is 1.40. The Labute approximate surface area is 102 Å². The lowest BCUT2D eigenvalue weighted by Gasteiger charge is -2.10. The molecule has 18 heavy (non-hydrogen) atoms. The van der Waals surface area contributed by atoms with Gasteiger partial charge in [0.1, 0.15) is 29.5 Å². The van der Waals surface area contributed by atoms with Crippen molar-refractivity contribution in [1.29, 1.82) is 0 Å². The summed E-state index contributed by atoms with van der Waals surface area (Å²) in [6, 6.07) is 3.98. The number of rotatable bonds is 3. The van der Waals surface area contributed by atoms with Crippen molar-refractivity contribution in [2.45, 2.75) is 6.92 Å². The van der Waals surface area contributed by atoms with E-state index in [0.717, 1.165) is 0 Å². The van der Waals surface area contributed by atoms with Crippen LogP contribution >= 0.6 is 0 Å². The SMILES string of the molecule is Cc1ccc(F)c(Nc2cc(NN)ncn2)c1F. The van der Waals surface area contributed by atoms with Crippen LogP contribution in [0.1, 0.15) is 5.56 Å². The molecule has 0 atom stereocenters. The molecule has 94 valence electrons. The normalized spacial score (nSPS) is 10.2. The Morgan fingerprint density at radius 3 is 2.61 bits per heavy atom. The number of hydrogen-bond donors (Lipinski definition) is 3. The van der Waals surface area contributed by atoms with Crippen molar-refractivity contribution < 1.29 is 8.78 Å². The van der Waals surface area contributed by atoms with Crippen LogP contribution in [0.15, 0.2) is 24.5 Å². The van der Waals surface area contributed by atoms with Crippen LogP contribution in [0.4, 0.5) is 26.1 Å². The number of anilines is 3. The average Bonchev–Trinajstić information content (AvgIpc) is 2.39. The van der Waals surface area contributed by atoms with Gasteiger partial charge in [-0.1, -0.05) is 6.07 Å². The monoisotopic (exact) mass is 251 g/mol. The largest absolute Gasteiger partial charge is 0.335 e. The number of nitrogen functional groups attached to an aromatic ring is 1. The van der Waals surface area contributed by atoms with Crippen molar-refractivity contribution in [3.63, 3.8) is 0 Å². The Balaban J connectivity index is 2.36. The smallest absolute Gasteiger partial charge is 0.152 e. The van der Waals surface area contributed by atoms with Crippen LogP contribution in [0.25, 0.3) is 0 Å². The third kappa shape index (κ3) is 2.35. The van der Waals surface area contributed by atoms with Gasteiger partial charge < -0.3 is 10.7 Å². The molecule has 2 aromatic rings. The minimum absolute atomic E-state index is 0.237. The van der Waals surface area contributed by atoms with E-state index in [-0.39, 0.29) is 11.5 Å². The standard InChI is InChI=1S/C11H11F2N5/c1-6-2-3-7(12)11(10(6)13)17-8-4-9(18-14)16-5-15-8/h2-5H,14H2,1H3,(H2,15,16,17,18). The van der Waals surface area contributed by atoms with Gasteiger partial charge in [0.05, 0.1) is 0 Å². The van der Waals surface area contributed by atoms with E-state index >= 15 is 0 Å². The van der Waals surface area contributed by atoms with E-state index < -0.39 is 11.6 Å². The summed E-state index contributed by atoms with van der Waals surface area (Å²) in [5.74, 6) is 4.40. The van der Waals surface area contributed by atoms with E-state index in [1.165, 1.54) is 24.5 Å². The molecule has 0 aliphatic heterocycles. The van der Waals surface area contributed by atoms with Crippen LogP contribution in [0.5, 0.6) is 0 Å². The predicted octanol–water partition coefficient (Wildman–Crippen LogP) is 2.09. The summed E-state index contributed by atoms with van der Waals surface area (Å²) >= 11 is 0. The molecule has 0 amide bonds. The van der Waals surface area contributed by atoms with Gasteiger partial charge >= 0.3 is 0 Å². The van der Waals surface area contributed by atoms with Gasteiger partial charge in [-0.15, -0.1) is 0 Å². The molecule has 5 nitrogen and oxygen atoms in total. The van der Waals surface area contributed by atoms with Crippen LogP contribution < -0.4 is 16.6 Å².